The number of pyridine rings is 1. The fourth-order valence-electron chi connectivity index (χ4n) is 3.70. The normalized spacial score (nSPS) is 11.1. The minimum Gasteiger partial charge on any atom is -0.340 e. The number of aryl methyl sites for hydroxylation is 1. The van der Waals surface area contributed by atoms with E-state index in [4.69, 9.17) is 0 Å². The Morgan fingerprint density at radius 2 is 1.24 bits per heavy atom. The van der Waals surface area contributed by atoms with Crippen molar-refractivity contribution < 1.29 is 8.42 Å². The van der Waals surface area contributed by atoms with Crippen molar-refractivity contribution in [3.63, 3.8) is 0 Å². The van der Waals surface area contributed by atoms with Gasteiger partial charge in [0.25, 0.3) is 10.0 Å². The van der Waals surface area contributed by atoms with E-state index in [1.807, 2.05) is 48.5 Å². The van der Waals surface area contributed by atoms with Crippen molar-refractivity contribution in [1.82, 2.24) is 15.0 Å². The van der Waals surface area contributed by atoms with Crippen LogP contribution in [0.5, 0.6) is 0 Å². The average Bonchev–Trinajstić information content (AvgIpc) is 2.90. The summed E-state index contributed by atoms with van der Waals surface area (Å²) in [6.07, 6.45) is 1.70. The summed E-state index contributed by atoms with van der Waals surface area (Å²) < 4.78 is 28.4. The van der Waals surface area contributed by atoms with E-state index >= 15 is 0 Å². The SMILES string of the molecule is Cc1nc(Nc2ccc(NS(=O)(=O)c3ccc(-c4ccccc4)cc3)cc2)cc(Nc2ccccn2)n1. The smallest absolute Gasteiger partial charge is 0.261 e. The molecule has 9 heteroatoms. The molecule has 0 radical (unpaired) electrons. The first kappa shape index (κ1) is 24.0. The highest BCUT2D eigenvalue weighted by molar-refractivity contribution is 7.92. The molecule has 0 saturated carbocycles. The number of anilines is 5. The third-order valence-electron chi connectivity index (χ3n) is 5.44. The predicted octanol–water partition coefficient (Wildman–Crippen LogP) is 6.14. The molecular formula is C28H24N6O2S. The van der Waals surface area contributed by atoms with E-state index in [0.717, 1.165) is 16.8 Å². The van der Waals surface area contributed by atoms with Crippen LogP contribution < -0.4 is 15.4 Å². The van der Waals surface area contributed by atoms with Crippen LogP contribution >= 0.6 is 0 Å². The van der Waals surface area contributed by atoms with Crippen LogP contribution in [0.25, 0.3) is 11.1 Å². The molecule has 37 heavy (non-hydrogen) atoms. The zero-order chi connectivity index (χ0) is 25.7. The van der Waals surface area contributed by atoms with E-state index in [1.54, 1.807) is 67.7 Å². The molecule has 5 aromatic rings. The number of rotatable bonds is 8. The molecule has 0 fully saturated rings. The van der Waals surface area contributed by atoms with Crippen LogP contribution in [-0.2, 0) is 10.0 Å². The maximum atomic E-state index is 12.9. The minimum absolute atomic E-state index is 0.193. The summed E-state index contributed by atoms with van der Waals surface area (Å²) in [7, 11) is -3.73. The Morgan fingerprint density at radius 3 is 1.92 bits per heavy atom. The van der Waals surface area contributed by atoms with Crippen LogP contribution in [0.15, 0.2) is 114 Å². The Hall–Kier alpha value is -4.76. The molecule has 0 aliphatic carbocycles. The van der Waals surface area contributed by atoms with Gasteiger partial charge in [0.05, 0.1) is 4.90 Å². The van der Waals surface area contributed by atoms with E-state index < -0.39 is 10.0 Å². The van der Waals surface area contributed by atoms with E-state index in [9.17, 15) is 8.42 Å². The van der Waals surface area contributed by atoms with Crippen molar-refractivity contribution in [3.8, 4) is 11.1 Å². The highest BCUT2D eigenvalue weighted by Gasteiger charge is 2.14. The van der Waals surface area contributed by atoms with Gasteiger partial charge >= 0.3 is 0 Å². The fraction of sp³-hybridized carbons (Fsp3) is 0.0357. The van der Waals surface area contributed by atoms with Crippen LogP contribution in [0.2, 0.25) is 0 Å². The molecule has 0 saturated heterocycles. The largest absolute Gasteiger partial charge is 0.340 e. The Kier molecular flexibility index (Phi) is 6.78. The summed E-state index contributed by atoms with van der Waals surface area (Å²) >= 11 is 0. The third kappa shape index (κ3) is 6.09. The summed E-state index contributed by atoms with van der Waals surface area (Å²) in [6.45, 7) is 1.80. The van der Waals surface area contributed by atoms with Crippen molar-refractivity contribution in [2.45, 2.75) is 11.8 Å². The molecule has 0 spiro atoms. The lowest BCUT2D eigenvalue weighted by molar-refractivity contribution is 0.601. The monoisotopic (exact) mass is 508 g/mol. The van der Waals surface area contributed by atoms with Crippen molar-refractivity contribution in [1.29, 1.82) is 0 Å². The molecule has 0 aliphatic rings. The first-order valence-corrected chi connectivity index (χ1v) is 13.0. The number of nitrogens with one attached hydrogen (secondary N) is 3. The van der Waals surface area contributed by atoms with Crippen molar-refractivity contribution in [2.24, 2.45) is 0 Å². The van der Waals surface area contributed by atoms with Gasteiger partial charge in [-0.1, -0.05) is 48.5 Å². The van der Waals surface area contributed by atoms with Gasteiger partial charge in [-0.05, 0) is 66.6 Å². The molecule has 0 atom stereocenters. The van der Waals surface area contributed by atoms with Crippen molar-refractivity contribution in [2.75, 3.05) is 15.4 Å². The number of sulfonamides is 1. The molecular weight excluding hydrogens is 484 g/mol. The minimum atomic E-state index is -3.73. The second-order valence-corrected chi connectivity index (χ2v) is 9.91. The van der Waals surface area contributed by atoms with Gasteiger partial charge in [0.2, 0.25) is 0 Å². The highest BCUT2D eigenvalue weighted by Crippen LogP contribution is 2.24. The number of hydrogen-bond donors (Lipinski definition) is 3. The molecule has 3 N–H and O–H groups in total. The first-order valence-electron chi connectivity index (χ1n) is 11.5. The van der Waals surface area contributed by atoms with E-state index in [0.29, 0.717) is 29.0 Å². The average molecular weight is 509 g/mol. The third-order valence-corrected chi connectivity index (χ3v) is 6.84. The van der Waals surface area contributed by atoms with E-state index in [2.05, 4.69) is 30.3 Å². The Balaban J connectivity index is 1.26. The van der Waals surface area contributed by atoms with Crippen molar-refractivity contribution in [3.05, 3.63) is 115 Å². The lowest BCUT2D eigenvalue weighted by Gasteiger charge is -2.12. The fourth-order valence-corrected chi connectivity index (χ4v) is 4.76. The Labute approximate surface area is 215 Å². The van der Waals surface area contributed by atoms with Gasteiger partial charge < -0.3 is 10.6 Å². The van der Waals surface area contributed by atoms with Crippen LogP contribution in [0, 0.1) is 6.92 Å². The number of hydrogen-bond acceptors (Lipinski definition) is 7. The molecule has 2 aromatic heterocycles. The molecule has 3 aromatic carbocycles. The molecule has 184 valence electrons. The predicted molar refractivity (Wildman–Crippen MR) is 147 cm³/mol. The van der Waals surface area contributed by atoms with Crippen molar-refractivity contribution >= 4 is 38.9 Å². The molecule has 0 bridgehead atoms. The van der Waals surface area contributed by atoms with Gasteiger partial charge in [-0.2, -0.15) is 0 Å². The molecule has 2 heterocycles. The second kappa shape index (κ2) is 10.5. The summed E-state index contributed by atoms with van der Waals surface area (Å²) in [4.78, 5) is 13.3. The maximum Gasteiger partial charge on any atom is 0.261 e. The lowest BCUT2D eigenvalue weighted by atomic mass is 10.1. The molecule has 0 amide bonds. The van der Waals surface area contributed by atoms with Gasteiger partial charge in [-0.25, -0.2) is 23.4 Å². The quantitative estimate of drug-likeness (QED) is 0.231. The van der Waals surface area contributed by atoms with Crippen LogP contribution in [0.4, 0.5) is 28.8 Å². The lowest BCUT2D eigenvalue weighted by Crippen LogP contribution is -2.12. The van der Waals surface area contributed by atoms with Gasteiger partial charge in [-0.15, -0.1) is 0 Å². The highest BCUT2D eigenvalue weighted by atomic mass is 32.2. The Morgan fingerprint density at radius 1 is 0.622 bits per heavy atom. The van der Waals surface area contributed by atoms with E-state index in [1.165, 1.54) is 0 Å². The zero-order valence-corrected chi connectivity index (χ0v) is 20.8. The number of benzene rings is 3. The van der Waals surface area contributed by atoms with Crippen LogP contribution in [-0.4, -0.2) is 23.4 Å². The van der Waals surface area contributed by atoms with Gasteiger partial charge in [0.1, 0.15) is 23.3 Å². The second-order valence-electron chi connectivity index (χ2n) is 8.22. The summed E-state index contributed by atoms with van der Waals surface area (Å²) in [5.41, 5.74) is 3.18. The summed E-state index contributed by atoms with van der Waals surface area (Å²) in [6, 6.07) is 30.9. The molecule has 5 rings (SSSR count). The molecule has 0 unspecified atom stereocenters. The number of nitrogens with zero attached hydrogens (tertiary/aromatic N) is 3. The maximum absolute atomic E-state index is 12.9. The van der Waals surface area contributed by atoms with Crippen LogP contribution in [0.3, 0.4) is 0 Å². The summed E-state index contributed by atoms with van der Waals surface area (Å²) in [5.74, 6) is 2.47. The Bertz CT molecular complexity index is 1590. The molecule has 0 aliphatic heterocycles. The molecule has 8 nitrogen and oxygen atoms in total. The van der Waals surface area contributed by atoms with Gasteiger partial charge in [-0.3, -0.25) is 4.72 Å². The van der Waals surface area contributed by atoms with E-state index in [-0.39, 0.29) is 4.90 Å². The summed E-state index contributed by atoms with van der Waals surface area (Å²) in [5, 5.41) is 6.38. The standard InChI is InChI=1S/C28H24N6O2S/c1-20-30-27(19-28(31-20)33-26-9-5-6-18-29-26)32-23-12-14-24(15-13-23)34-37(35,36)25-16-10-22(11-17-25)21-7-3-2-4-8-21/h2-19,34H,1H3,(H2,29,30,31,32,33). The first-order chi connectivity index (χ1) is 17.9. The van der Waals surface area contributed by atoms with Gasteiger partial charge in [0, 0.05) is 23.6 Å². The zero-order valence-electron chi connectivity index (χ0n) is 20.0. The number of aromatic nitrogens is 3. The van der Waals surface area contributed by atoms with Crippen LogP contribution in [0.1, 0.15) is 5.82 Å². The van der Waals surface area contributed by atoms with Gasteiger partial charge in [0.15, 0.2) is 0 Å². The topological polar surface area (TPSA) is 109 Å².